The molecular weight excluding hydrogens is 337 g/mol. The summed E-state index contributed by atoms with van der Waals surface area (Å²) in [4.78, 5) is 16.0. The van der Waals surface area contributed by atoms with Crippen LogP contribution in [0.15, 0.2) is 34.9 Å². The van der Waals surface area contributed by atoms with Crippen molar-refractivity contribution in [2.45, 2.75) is 32.5 Å². The maximum atomic E-state index is 12.5. The quantitative estimate of drug-likeness (QED) is 0.764. The van der Waals surface area contributed by atoms with Crippen LogP contribution in [0, 0.1) is 0 Å². The molecule has 2 rings (SSSR count). The summed E-state index contributed by atoms with van der Waals surface area (Å²) in [6.45, 7) is 4.81. The first kappa shape index (κ1) is 19.0. The van der Waals surface area contributed by atoms with Crippen LogP contribution in [0.4, 0.5) is 13.2 Å². The van der Waals surface area contributed by atoms with Crippen molar-refractivity contribution in [3.63, 3.8) is 0 Å². The van der Waals surface area contributed by atoms with E-state index >= 15 is 0 Å². The van der Waals surface area contributed by atoms with E-state index in [1.54, 1.807) is 0 Å². The maximum absolute atomic E-state index is 12.5. The number of hydrogen-bond acceptors (Lipinski definition) is 4. The topological polar surface area (TPSA) is 64.4 Å². The zero-order valence-corrected chi connectivity index (χ0v) is 13.9. The summed E-state index contributed by atoms with van der Waals surface area (Å²) in [5.74, 6) is -0.325. The second kappa shape index (κ2) is 8.15. The molecule has 1 aromatic heterocycles. The Morgan fingerprint density at radius 3 is 2.56 bits per heavy atom. The van der Waals surface area contributed by atoms with Gasteiger partial charge in [-0.25, -0.2) is 4.98 Å². The molecule has 0 spiro atoms. The number of carbonyl (C=O) groups is 1. The largest absolute Gasteiger partial charge is 0.444 e. The number of oxazole rings is 1. The van der Waals surface area contributed by atoms with Crippen molar-refractivity contribution in [1.82, 2.24) is 10.3 Å². The molecule has 1 amide bonds. The number of rotatable bonds is 7. The van der Waals surface area contributed by atoms with Gasteiger partial charge in [0, 0.05) is 18.7 Å². The summed E-state index contributed by atoms with van der Waals surface area (Å²) in [5, 5.41) is 2.68. The molecule has 8 heteroatoms. The van der Waals surface area contributed by atoms with Crippen molar-refractivity contribution < 1.29 is 27.1 Å². The number of amides is 1. The van der Waals surface area contributed by atoms with Crippen LogP contribution in [-0.4, -0.2) is 30.1 Å². The number of carbonyl (C=O) groups excluding carboxylic acids is 1. The van der Waals surface area contributed by atoms with Gasteiger partial charge in [-0.2, -0.15) is 13.2 Å². The summed E-state index contributed by atoms with van der Waals surface area (Å²) < 4.78 is 48.2. The molecule has 1 aromatic carbocycles. The standard InChI is InChI=1S/C17H19F3N2O3/c1-11(2)24-9-3-8-21-15(23)14-10-25-16(22-14)12-4-6-13(7-5-12)17(18,19)20/h4-7,10-11H,3,8-9H2,1-2H3,(H,21,23). The number of alkyl halides is 3. The smallest absolute Gasteiger partial charge is 0.416 e. The molecular formula is C17H19F3N2O3. The molecule has 0 unspecified atom stereocenters. The molecule has 1 heterocycles. The normalized spacial score (nSPS) is 11.8. The Labute approximate surface area is 143 Å². The van der Waals surface area contributed by atoms with Gasteiger partial charge in [0.25, 0.3) is 5.91 Å². The minimum absolute atomic E-state index is 0.0691. The molecule has 0 atom stereocenters. The Morgan fingerprint density at radius 1 is 1.28 bits per heavy atom. The van der Waals surface area contributed by atoms with Gasteiger partial charge in [0.15, 0.2) is 5.69 Å². The molecule has 0 bridgehead atoms. The number of hydrogen-bond donors (Lipinski definition) is 1. The fourth-order valence-electron chi connectivity index (χ4n) is 2.00. The van der Waals surface area contributed by atoms with Crippen molar-refractivity contribution in [3.05, 3.63) is 41.8 Å². The third-order valence-electron chi connectivity index (χ3n) is 3.25. The monoisotopic (exact) mass is 356 g/mol. The number of halogens is 3. The molecule has 0 saturated heterocycles. The predicted octanol–water partition coefficient (Wildman–Crippen LogP) is 3.91. The Kier molecular flexibility index (Phi) is 6.19. The number of benzene rings is 1. The van der Waals surface area contributed by atoms with Crippen LogP contribution < -0.4 is 5.32 Å². The van der Waals surface area contributed by atoms with Crippen LogP contribution in [0.5, 0.6) is 0 Å². The number of nitrogens with one attached hydrogen (secondary N) is 1. The summed E-state index contributed by atoms with van der Waals surface area (Å²) in [6, 6.07) is 4.38. The molecule has 5 nitrogen and oxygen atoms in total. The van der Waals surface area contributed by atoms with Crippen molar-refractivity contribution in [2.75, 3.05) is 13.2 Å². The zero-order valence-electron chi connectivity index (χ0n) is 13.9. The molecule has 0 aliphatic carbocycles. The van der Waals surface area contributed by atoms with E-state index in [4.69, 9.17) is 9.15 Å². The number of nitrogens with zero attached hydrogens (tertiary/aromatic N) is 1. The van der Waals surface area contributed by atoms with E-state index in [-0.39, 0.29) is 17.7 Å². The predicted molar refractivity (Wildman–Crippen MR) is 85.0 cm³/mol. The lowest BCUT2D eigenvalue weighted by molar-refractivity contribution is -0.137. The van der Waals surface area contributed by atoms with E-state index in [2.05, 4.69) is 10.3 Å². The first-order valence-corrected chi connectivity index (χ1v) is 7.80. The minimum atomic E-state index is -4.40. The fraction of sp³-hybridized carbons (Fsp3) is 0.412. The van der Waals surface area contributed by atoms with Crippen LogP contribution in [0.2, 0.25) is 0 Å². The highest BCUT2D eigenvalue weighted by atomic mass is 19.4. The van der Waals surface area contributed by atoms with Gasteiger partial charge >= 0.3 is 6.18 Å². The third-order valence-corrected chi connectivity index (χ3v) is 3.25. The molecule has 2 aromatic rings. The van der Waals surface area contributed by atoms with Crippen molar-refractivity contribution in [3.8, 4) is 11.5 Å². The van der Waals surface area contributed by atoms with Gasteiger partial charge in [-0.05, 0) is 44.5 Å². The van der Waals surface area contributed by atoms with Crippen LogP contribution >= 0.6 is 0 Å². The summed E-state index contributed by atoms with van der Waals surface area (Å²) >= 11 is 0. The Balaban J connectivity index is 1.92. The van der Waals surface area contributed by atoms with Crippen molar-refractivity contribution in [2.24, 2.45) is 0 Å². The Morgan fingerprint density at radius 2 is 1.96 bits per heavy atom. The van der Waals surface area contributed by atoms with Gasteiger partial charge < -0.3 is 14.5 Å². The molecule has 0 fully saturated rings. The number of aromatic nitrogens is 1. The molecule has 25 heavy (non-hydrogen) atoms. The molecule has 1 N–H and O–H groups in total. The summed E-state index contributed by atoms with van der Waals surface area (Å²) in [7, 11) is 0. The van der Waals surface area contributed by atoms with Gasteiger partial charge in [0.2, 0.25) is 5.89 Å². The molecule has 0 saturated carbocycles. The van der Waals surface area contributed by atoms with Gasteiger partial charge in [-0.3, -0.25) is 4.79 Å². The average molecular weight is 356 g/mol. The highest BCUT2D eigenvalue weighted by Crippen LogP contribution is 2.30. The van der Waals surface area contributed by atoms with E-state index in [0.717, 1.165) is 12.1 Å². The number of ether oxygens (including phenoxy) is 1. The summed E-state index contributed by atoms with van der Waals surface area (Å²) in [6.07, 6.45) is -2.43. The van der Waals surface area contributed by atoms with E-state index in [1.165, 1.54) is 18.4 Å². The van der Waals surface area contributed by atoms with E-state index in [1.807, 2.05) is 13.8 Å². The lowest BCUT2D eigenvalue weighted by atomic mass is 10.1. The lowest BCUT2D eigenvalue weighted by Gasteiger charge is -2.07. The molecule has 136 valence electrons. The van der Waals surface area contributed by atoms with Crippen molar-refractivity contribution >= 4 is 5.91 Å². The van der Waals surface area contributed by atoms with Gasteiger partial charge in [-0.15, -0.1) is 0 Å². The van der Waals surface area contributed by atoms with Gasteiger partial charge in [0.05, 0.1) is 11.7 Å². The molecule has 0 aliphatic rings. The second-order valence-corrected chi connectivity index (χ2v) is 5.64. The van der Waals surface area contributed by atoms with Gasteiger partial charge in [0.1, 0.15) is 6.26 Å². The first-order chi connectivity index (χ1) is 11.8. The minimum Gasteiger partial charge on any atom is -0.444 e. The average Bonchev–Trinajstić information content (AvgIpc) is 3.03. The third kappa shape index (κ3) is 5.60. The Hall–Kier alpha value is -2.35. The SMILES string of the molecule is CC(C)OCCCNC(=O)c1coc(-c2ccc(C(F)(F)F)cc2)n1. The van der Waals surface area contributed by atoms with Gasteiger partial charge in [-0.1, -0.05) is 0 Å². The first-order valence-electron chi connectivity index (χ1n) is 7.80. The van der Waals surface area contributed by atoms with E-state index in [9.17, 15) is 18.0 Å². The lowest BCUT2D eigenvalue weighted by Crippen LogP contribution is -2.25. The second-order valence-electron chi connectivity index (χ2n) is 5.64. The van der Waals surface area contributed by atoms with Crippen LogP contribution in [0.3, 0.4) is 0 Å². The van der Waals surface area contributed by atoms with Crippen LogP contribution in [0.1, 0.15) is 36.3 Å². The fourth-order valence-corrected chi connectivity index (χ4v) is 2.00. The maximum Gasteiger partial charge on any atom is 0.416 e. The Bertz CT molecular complexity index is 694. The van der Waals surface area contributed by atoms with Crippen molar-refractivity contribution in [1.29, 1.82) is 0 Å². The zero-order chi connectivity index (χ0) is 18.4. The molecule has 0 radical (unpaired) electrons. The summed E-state index contributed by atoms with van der Waals surface area (Å²) in [5.41, 5.74) is -0.332. The molecule has 0 aliphatic heterocycles. The highest BCUT2D eigenvalue weighted by molar-refractivity contribution is 5.92. The van der Waals surface area contributed by atoms with E-state index < -0.39 is 17.6 Å². The van der Waals surface area contributed by atoms with Crippen LogP contribution in [0.25, 0.3) is 11.5 Å². The van der Waals surface area contributed by atoms with E-state index in [0.29, 0.717) is 25.1 Å². The highest BCUT2D eigenvalue weighted by Gasteiger charge is 2.30. The van der Waals surface area contributed by atoms with Crippen LogP contribution in [-0.2, 0) is 10.9 Å².